The van der Waals surface area contributed by atoms with Crippen LogP contribution in [0.4, 0.5) is 8.78 Å². The Morgan fingerprint density at radius 1 is 1.50 bits per heavy atom. The van der Waals surface area contributed by atoms with Crippen LogP contribution in [0, 0.1) is 0 Å². The van der Waals surface area contributed by atoms with E-state index in [4.69, 9.17) is 5.11 Å². The Labute approximate surface area is 91.5 Å². The van der Waals surface area contributed by atoms with Gasteiger partial charge in [-0.05, 0) is 13.0 Å². The number of pyridine rings is 1. The minimum Gasteiger partial charge on any atom is -0.390 e. The number of nitrogens with zero attached hydrogens (tertiary/aromatic N) is 1. The van der Waals surface area contributed by atoms with Gasteiger partial charge in [0.15, 0.2) is 0 Å². The zero-order chi connectivity index (χ0) is 12.2. The Balaban J connectivity index is 3.16. The highest BCUT2D eigenvalue weighted by Gasteiger charge is 2.55. The van der Waals surface area contributed by atoms with E-state index in [1.807, 2.05) is 0 Å². The molecule has 0 fully saturated rings. The summed E-state index contributed by atoms with van der Waals surface area (Å²) in [5, 5.41) is 18.4. The Bertz CT molecular complexity index is 334. The minimum absolute atomic E-state index is 0.124. The molecule has 2 N–H and O–H groups in total. The van der Waals surface area contributed by atoms with Crippen molar-refractivity contribution in [2.45, 2.75) is 18.6 Å². The van der Waals surface area contributed by atoms with Gasteiger partial charge >= 0.3 is 5.92 Å². The van der Waals surface area contributed by atoms with Gasteiger partial charge in [0.25, 0.3) is 5.79 Å². The summed E-state index contributed by atoms with van der Waals surface area (Å²) in [5.74, 6) is -6.66. The molecule has 1 aromatic heterocycles. The van der Waals surface area contributed by atoms with Crippen molar-refractivity contribution in [2.75, 3.05) is 13.2 Å². The summed E-state index contributed by atoms with van der Waals surface area (Å²) < 4.78 is 31.5. The first-order chi connectivity index (χ1) is 7.48. The van der Waals surface area contributed by atoms with Gasteiger partial charge in [-0.15, -0.1) is 0 Å². The lowest BCUT2D eigenvalue weighted by Crippen LogP contribution is -2.50. The van der Waals surface area contributed by atoms with E-state index in [-0.39, 0.29) is 12.2 Å². The maximum atomic E-state index is 13.4. The van der Waals surface area contributed by atoms with Crippen molar-refractivity contribution in [1.82, 2.24) is 4.98 Å². The monoisotopic (exact) mass is 233 g/mol. The molecule has 0 saturated heterocycles. The highest BCUT2D eigenvalue weighted by atomic mass is 19.3. The van der Waals surface area contributed by atoms with E-state index in [1.54, 1.807) is 0 Å². The van der Waals surface area contributed by atoms with Crippen molar-refractivity contribution >= 4 is 0 Å². The largest absolute Gasteiger partial charge is 0.390 e. The predicted molar refractivity (Wildman–Crippen MR) is 51.8 cm³/mol. The average Bonchev–Trinajstić information content (AvgIpc) is 2.30. The summed E-state index contributed by atoms with van der Waals surface area (Å²) in [6.45, 7) is -0.172. The Hall–Kier alpha value is -1.11. The summed E-state index contributed by atoms with van der Waals surface area (Å²) in [4.78, 5) is 3.63. The molecule has 0 saturated carbocycles. The van der Waals surface area contributed by atoms with Crippen LogP contribution >= 0.6 is 0 Å². The molecule has 1 heterocycles. The van der Waals surface area contributed by atoms with Crippen molar-refractivity contribution in [3.05, 3.63) is 30.1 Å². The average molecular weight is 233 g/mol. The lowest BCUT2D eigenvalue weighted by atomic mass is 10.0. The number of alkyl halides is 2. The maximum Gasteiger partial charge on any atom is 0.327 e. The van der Waals surface area contributed by atoms with Crippen LogP contribution in [0.15, 0.2) is 24.5 Å². The molecule has 4 nitrogen and oxygen atoms in total. The van der Waals surface area contributed by atoms with Crippen LogP contribution in [-0.4, -0.2) is 34.3 Å². The highest BCUT2D eigenvalue weighted by molar-refractivity contribution is 5.18. The van der Waals surface area contributed by atoms with Crippen molar-refractivity contribution in [3.63, 3.8) is 0 Å². The fourth-order valence-corrected chi connectivity index (χ4v) is 1.28. The zero-order valence-corrected chi connectivity index (χ0v) is 8.73. The predicted octanol–water partition coefficient (Wildman–Crippen LogP) is 0.891. The molecular weight excluding hydrogens is 220 g/mol. The van der Waals surface area contributed by atoms with Gasteiger partial charge in [-0.2, -0.15) is 8.78 Å². The van der Waals surface area contributed by atoms with E-state index in [9.17, 15) is 13.9 Å². The van der Waals surface area contributed by atoms with Gasteiger partial charge in [-0.1, -0.05) is 6.07 Å². The summed E-state index contributed by atoms with van der Waals surface area (Å²) in [5.41, 5.74) is -0.198. The summed E-state index contributed by atoms with van der Waals surface area (Å²) >= 11 is 0. The molecule has 16 heavy (non-hydrogen) atoms. The third-order valence-electron chi connectivity index (χ3n) is 2.10. The summed E-state index contributed by atoms with van der Waals surface area (Å²) in [6, 6.07) is 2.65. The fraction of sp³-hybridized carbons (Fsp3) is 0.500. The third-order valence-corrected chi connectivity index (χ3v) is 2.10. The van der Waals surface area contributed by atoms with Crippen LogP contribution < -0.4 is 0 Å². The number of hydrogen-bond donors (Lipinski definition) is 2. The summed E-state index contributed by atoms with van der Waals surface area (Å²) in [7, 11) is 0. The van der Waals surface area contributed by atoms with Crippen molar-refractivity contribution in [1.29, 1.82) is 0 Å². The number of aliphatic hydroxyl groups excluding tert-OH is 1. The van der Waals surface area contributed by atoms with Crippen LogP contribution in [0.5, 0.6) is 0 Å². The first-order valence-electron chi connectivity index (χ1n) is 4.73. The molecule has 1 aromatic rings. The van der Waals surface area contributed by atoms with Crippen LogP contribution in [0.2, 0.25) is 0 Å². The normalized spacial score (nSPS) is 15.8. The third kappa shape index (κ3) is 2.18. The van der Waals surface area contributed by atoms with Gasteiger partial charge < -0.3 is 14.9 Å². The van der Waals surface area contributed by atoms with Crippen molar-refractivity contribution in [2.24, 2.45) is 0 Å². The Morgan fingerprint density at radius 2 is 2.19 bits per heavy atom. The molecule has 90 valence electrons. The van der Waals surface area contributed by atoms with Gasteiger partial charge in [0, 0.05) is 24.6 Å². The Morgan fingerprint density at radius 3 is 2.62 bits per heavy atom. The van der Waals surface area contributed by atoms with Gasteiger partial charge in [-0.3, -0.25) is 4.98 Å². The number of rotatable bonds is 5. The van der Waals surface area contributed by atoms with Gasteiger partial charge in [0.2, 0.25) is 0 Å². The molecular formula is C10H13F2NO3. The topological polar surface area (TPSA) is 62.6 Å². The molecule has 6 heteroatoms. The first kappa shape index (κ1) is 13.0. The van der Waals surface area contributed by atoms with Crippen molar-refractivity contribution in [3.8, 4) is 0 Å². The number of aliphatic hydroxyl groups is 2. The SMILES string of the molecule is CCO[C@](O)(c1cccnc1)C(F)(F)CO. The lowest BCUT2D eigenvalue weighted by Gasteiger charge is -2.34. The van der Waals surface area contributed by atoms with Crippen LogP contribution in [0.25, 0.3) is 0 Å². The molecule has 0 bridgehead atoms. The minimum atomic E-state index is -3.80. The quantitative estimate of drug-likeness (QED) is 0.741. The molecule has 0 unspecified atom stereocenters. The summed E-state index contributed by atoms with van der Waals surface area (Å²) in [6.07, 6.45) is 2.45. The van der Waals surface area contributed by atoms with Crippen LogP contribution in [-0.2, 0) is 10.5 Å². The number of aromatic nitrogens is 1. The second kappa shape index (κ2) is 4.82. The standard InChI is InChI=1S/C10H13F2NO3/c1-2-16-10(15,9(11,12)7-14)8-4-3-5-13-6-8/h3-6,14-15H,2,7H2,1H3/t10-/m1/s1. The van der Waals surface area contributed by atoms with Crippen molar-refractivity contribution < 1.29 is 23.7 Å². The second-order valence-electron chi connectivity index (χ2n) is 3.18. The van der Waals surface area contributed by atoms with Crippen LogP contribution in [0.3, 0.4) is 0 Å². The molecule has 0 spiro atoms. The molecule has 0 aliphatic carbocycles. The fourth-order valence-electron chi connectivity index (χ4n) is 1.28. The molecule has 0 aliphatic rings. The molecule has 1 atom stereocenters. The maximum absolute atomic E-state index is 13.4. The van der Waals surface area contributed by atoms with E-state index in [1.165, 1.54) is 25.3 Å². The Kier molecular flexibility index (Phi) is 3.90. The molecule has 0 aliphatic heterocycles. The van der Waals surface area contributed by atoms with E-state index in [0.717, 1.165) is 6.20 Å². The lowest BCUT2D eigenvalue weighted by molar-refractivity contribution is -0.334. The first-order valence-corrected chi connectivity index (χ1v) is 4.73. The van der Waals surface area contributed by atoms with E-state index in [2.05, 4.69) is 9.72 Å². The zero-order valence-electron chi connectivity index (χ0n) is 8.73. The number of ether oxygens (including phenoxy) is 1. The number of halogens is 2. The number of hydrogen-bond acceptors (Lipinski definition) is 4. The molecule has 0 radical (unpaired) electrons. The highest BCUT2D eigenvalue weighted by Crippen LogP contribution is 2.38. The van der Waals surface area contributed by atoms with Crippen LogP contribution in [0.1, 0.15) is 12.5 Å². The molecule has 0 aromatic carbocycles. The molecule has 1 rings (SSSR count). The molecule has 0 amide bonds. The van der Waals surface area contributed by atoms with E-state index < -0.39 is 18.3 Å². The van der Waals surface area contributed by atoms with Gasteiger partial charge in [0.05, 0.1) is 0 Å². The smallest absolute Gasteiger partial charge is 0.327 e. The van der Waals surface area contributed by atoms with E-state index >= 15 is 0 Å². The second-order valence-corrected chi connectivity index (χ2v) is 3.18. The van der Waals surface area contributed by atoms with Gasteiger partial charge in [0.1, 0.15) is 6.61 Å². The van der Waals surface area contributed by atoms with Gasteiger partial charge in [-0.25, -0.2) is 0 Å². The van der Waals surface area contributed by atoms with E-state index in [0.29, 0.717) is 0 Å².